The van der Waals surface area contributed by atoms with Crippen molar-refractivity contribution < 1.29 is 23.9 Å². The van der Waals surface area contributed by atoms with Gasteiger partial charge in [0.1, 0.15) is 5.60 Å². The molecule has 1 N–H and O–H groups in total. The van der Waals surface area contributed by atoms with Crippen molar-refractivity contribution in [3.63, 3.8) is 0 Å². The quantitative estimate of drug-likeness (QED) is 0.524. The Labute approximate surface area is 199 Å². The molecule has 1 aliphatic rings. The van der Waals surface area contributed by atoms with Crippen molar-refractivity contribution in [1.82, 2.24) is 4.90 Å². The molecule has 32 heavy (non-hydrogen) atoms. The molecular formula is C24H35BrN2O5. The second kappa shape index (κ2) is 10.2. The number of carbonyl (C=O) groups is 3. The summed E-state index contributed by atoms with van der Waals surface area (Å²) in [7, 11) is 1.32. The molecule has 1 aliphatic heterocycles. The van der Waals surface area contributed by atoms with Gasteiger partial charge in [-0.05, 0) is 64.2 Å². The van der Waals surface area contributed by atoms with Crippen LogP contribution in [0.1, 0.15) is 76.7 Å². The van der Waals surface area contributed by atoms with Crippen LogP contribution in [0.25, 0.3) is 0 Å². The number of rotatable bonds is 5. The molecule has 0 bridgehead atoms. The van der Waals surface area contributed by atoms with Crippen LogP contribution in [0.4, 0.5) is 10.5 Å². The summed E-state index contributed by atoms with van der Waals surface area (Å²) < 4.78 is 11.3. The highest BCUT2D eigenvalue weighted by Gasteiger charge is 2.33. The molecule has 178 valence electrons. The summed E-state index contributed by atoms with van der Waals surface area (Å²) in [6.07, 6.45) is 2.69. The second-order valence-corrected chi connectivity index (χ2v) is 11.0. The van der Waals surface area contributed by atoms with Crippen molar-refractivity contribution in [2.24, 2.45) is 5.41 Å². The highest BCUT2D eigenvalue weighted by molar-refractivity contribution is 9.10. The molecule has 1 atom stereocenters. The average Bonchev–Trinajstić information content (AvgIpc) is 3.14. The Morgan fingerprint density at radius 1 is 1.16 bits per heavy atom. The predicted molar refractivity (Wildman–Crippen MR) is 128 cm³/mol. The number of benzene rings is 1. The number of nitrogens with zero attached hydrogens (tertiary/aromatic N) is 1. The maximum atomic E-state index is 12.7. The number of halogens is 1. The predicted octanol–water partition coefficient (Wildman–Crippen LogP) is 5.55. The number of likely N-dealkylation sites (tertiary alicyclic amines) is 1. The van der Waals surface area contributed by atoms with Gasteiger partial charge in [-0.3, -0.25) is 4.79 Å². The van der Waals surface area contributed by atoms with Crippen LogP contribution in [0.3, 0.4) is 0 Å². The first kappa shape index (κ1) is 26.2. The van der Waals surface area contributed by atoms with E-state index in [1.54, 1.807) is 11.0 Å². The zero-order valence-corrected chi connectivity index (χ0v) is 21.7. The van der Waals surface area contributed by atoms with Crippen LogP contribution in [0.5, 0.6) is 0 Å². The van der Waals surface area contributed by atoms with Gasteiger partial charge in [0.25, 0.3) is 0 Å². The third-order valence-electron chi connectivity index (χ3n) is 5.31. The van der Waals surface area contributed by atoms with Crippen molar-refractivity contribution in [1.29, 1.82) is 0 Å². The van der Waals surface area contributed by atoms with Gasteiger partial charge in [0.2, 0.25) is 5.91 Å². The molecule has 2 rings (SSSR count). The van der Waals surface area contributed by atoms with E-state index in [2.05, 4.69) is 21.2 Å². The number of methoxy groups -OCH3 is 1. The first-order valence-electron chi connectivity index (χ1n) is 11.0. The van der Waals surface area contributed by atoms with Crippen LogP contribution in [0.2, 0.25) is 0 Å². The molecule has 1 unspecified atom stereocenters. The fourth-order valence-corrected chi connectivity index (χ4v) is 4.15. The van der Waals surface area contributed by atoms with E-state index in [9.17, 15) is 14.4 Å². The van der Waals surface area contributed by atoms with Crippen LogP contribution < -0.4 is 5.32 Å². The van der Waals surface area contributed by atoms with Gasteiger partial charge in [-0.1, -0.05) is 36.7 Å². The van der Waals surface area contributed by atoms with Crippen LogP contribution in [-0.2, 0) is 20.7 Å². The van der Waals surface area contributed by atoms with Crippen LogP contribution >= 0.6 is 15.9 Å². The number of ether oxygens (including phenoxy) is 2. The summed E-state index contributed by atoms with van der Waals surface area (Å²) in [5, 5.41) is 2.87. The molecular weight excluding hydrogens is 476 g/mol. The highest BCUT2D eigenvalue weighted by atomic mass is 79.9. The van der Waals surface area contributed by atoms with E-state index in [1.165, 1.54) is 7.11 Å². The van der Waals surface area contributed by atoms with Gasteiger partial charge in [-0.2, -0.15) is 0 Å². The van der Waals surface area contributed by atoms with Gasteiger partial charge in [0.05, 0.1) is 18.4 Å². The molecule has 1 aromatic carbocycles. The molecule has 0 radical (unpaired) electrons. The number of anilines is 1. The minimum absolute atomic E-state index is 0.0232. The fraction of sp³-hybridized carbons (Fsp3) is 0.625. The molecule has 1 fully saturated rings. The van der Waals surface area contributed by atoms with Crippen molar-refractivity contribution >= 4 is 39.6 Å². The molecule has 0 saturated carbocycles. The van der Waals surface area contributed by atoms with Crippen molar-refractivity contribution in [2.45, 2.75) is 78.9 Å². The van der Waals surface area contributed by atoms with E-state index in [4.69, 9.17) is 9.47 Å². The monoisotopic (exact) mass is 510 g/mol. The normalized spacial score (nSPS) is 16.6. The van der Waals surface area contributed by atoms with Gasteiger partial charge in [0.15, 0.2) is 0 Å². The van der Waals surface area contributed by atoms with Crippen LogP contribution in [0, 0.1) is 5.41 Å². The Balaban J connectivity index is 2.28. The van der Waals surface area contributed by atoms with E-state index in [0.29, 0.717) is 30.6 Å². The van der Waals surface area contributed by atoms with E-state index < -0.39 is 17.0 Å². The zero-order valence-electron chi connectivity index (χ0n) is 20.1. The summed E-state index contributed by atoms with van der Waals surface area (Å²) in [6.45, 7) is 11.7. The van der Waals surface area contributed by atoms with E-state index in [1.807, 2.05) is 47.6 Å². The Kier molecular flexibility index (Phi) is 8.37. The van der Waals surface area contributed by atoms with Gasteiger partial charge < -0.3 is 19.7 Å². The summed E-state index contributed by atoms with van der Waals surface area (Å²) in [6, 6.07) is 3.54. The van der Waals surface area contributed by atoms with E-state index in [-0.39, 0.29) is 18.0 Å². The summed E-state index contributed by atoms with van der Waals surface area (Å²) in [5.41, 5.74) is 0.342. The molecule has 7 nitrogen and oxygen atoms in total. The highest BCUT2D eigenvalue weighted by Crippen LogP contribution is 2.32. The Morgan fingerprint density at radius 3 is 2.38 bits per heavy atom. The lowest BCUT2D eigenvalue weighted by molar-refractivity contribution is -0.123. The lowest BCUT2D eigenvalue weighted by Crippen LogP contribution is -2.40. The largest absolute Gasteiger partial charge is 0.465 e. The molecule has 2 amide bonds. The van der Waals surface area contributed by atoms with Crippen molar-refractivity contribution in [3.8, 4) is 0 Å². The minimum Gasteiger partial charge on any atom is -0.465 e. The average molecular weight is 511 g/mol. The van der Waals surface area contributed by atoms with Gasteiger partial charge in [-0.25, -0.2) is 9.59 Å². The molecule has 0 aromatic heterocycles. The molecule has 0 aliphatic carbocycles. The van der Waals surface area contributed by atoms with Crippen LogP contribution in [-0.4, -0.2) is 48.2 Å². The maximum Gasteiger partial charge on any atom is 0.410 e. The topological polar surface area (TPSA) is 84.9 Å². The third-order valence-corrected chi connectivity index (χ3v) is 6.05. The van der Waals surface area contributed by atoms with Gasteiger partial charge in [-0.15, -0.1) is 0 Å². The third kappa shape index (κ3) is 6.70. The van der Waals surface area contributed by atoms with E-state index >= 15 is 0 Å². The maximum absolute atomic E-state index is 12.7. The van der Waals surface area contributed by atoms with Gasteiger partial charge in [0, 0.05) is 22.5 Å². The van der Waals surface area contributed by atoms with E-state index in [0.717, 1.165) is 22.9 Å². The number of carbonyl (C=O) groups excluding carboxylic acids is 3. The minimum atomic E-state index is -0.613. The molecule has 1 aromatic rings. The molecule has 1 heterocycles. The lowest BCUT2D eigenvalue weighted by Gasteiger charge is -2.29. The molecule has 1 saturated heterocycles. The number of amides is 2. The van der Waals surface area contributed by atoms with Crippen LogP contribution in [0.15, 0.2) is 16.6 Å². The summed E-state index contributed by atoms with van der Waals surface area (Å²) >= 11 is 3.55. The zero-order chi connectivity index (χ0) is 24.3. The Hall–Kier alpha value is -2.09. The SMILES string of the molecule is COC(=O)c1c(NC(=O)C(C)(C)C)ccc(Br)c1CCC1CCCN1C(=O)OC(C)(C)C. The fourth-order valence-electron chi connectivity index (χ4n) is 3.62. The summed E-state index contributed by atoms with van der Waals surface area (Å²) in [5.74, 6) is -0.705. The Morgan fingerprint density at radius 2 is 1.81 bits per heavy atom. The number of hydrogen-bond donors (Lipinski definition) is 1. The van der Waals surface area contributed by atoms with Crippen molar-refractivity contribution in [2.75, 3.05) is 19.0 Å². The Bertz CT molecular complexity index is 870. The molecule has 8 heteroatoms. The molecule has 0 spiro atoms. The second-order valence-electron chi connectivity index (χ2n) is 10.2. The lowest BCUT2D eigenvalue weighted by atomic mass is 9.94. The number of esters is 1. The van der Waals surface area contributed by atoms with Crippen molar-refractivity contribution in [3.05, 3.63) is 27.7 Å². The number of hydrogen-bond acceptors (Lipinski definition) is 5. The smallest absolute Gasteiger partial charge is 0.410 e. The summed E-state index contributed by atoms with van der Waals surface area (Å²) in [4.78, 5) is 39.6. The van der Waals surface area contributed by atoms with Gasteiger partial charge >= 0.3 is 12.1 Å². The number of nitrogens with one attached hydrogen (secondary N) is 1. The first-order chi connectivity index (χ1) is 14.7. The standard InChI is InChI=1S/C24H35BrN2O5/c1-23(2,3)21(29)26-18-13-12-17(25)16(19(18)20(28)31-7)11-10-15-9-8-14-27(15)22(30)32-24(4,5)6/h12-13,15H,8-11,14H2,1-7H3,(H,26,29). The first-order valence-corrected chi connectivity index (χ1v) is 11.7.